The fourth-order valence-corrected chi connectivity index (χ4v) is 2.92. The average molecular weight is 308 g/mol. The molecule has 0 saturated carbocycles. The number of hydrogen-bond donors (Lipinski definition) is 0. The van der Waals surface area contributed by atoms with Gasteiger partial charge < -0.3 is 0 Å². The van der Waals surface area contributed by atoms with Crippen molar-refractivity contribution in [2.75, 3.05) is 5.88 Å². The lowest BCUT2D eigenvalue weighted by molar-refractivity contribution is -0.121. The maximum atomic E-state index is 12.6. The number of hydrogen-bond acceptors (Lipinski definition) is 3. The number of para-hydroxylation sites is 1. The van der Waals surface area contributed by atoms with Crippen LogP contribution in [0.15, 0.2) is 39.9 Å². The number of halogens is 1. The van der Waals surface area contributed by atoms with Gasteiger partial charge in [0.15, 0.2) is 5.78 Å². The van der Waals surface area contributed by atoms with Crippen LogP contribution in [0.2, 0.25) is 0 Å². The highest BCUT2D eigenvalue weighted by Crippen LogP contribution is 2.19. The third-order valence-corrected chi connectivity index (χ3v) is 3.98. The molecule has 1 aromatic heterocycles. The van der Waals surface area contributed by atoms with Gasteiger partial charge in [0.1, 0.15) is 6.04 Å². The maximum Gasteiger partial charge on any atom is 0.352 e. The van der Waals surface area contributed by atoms with Crippen molar-refractivity contribution in [3.05, 3.63) is 51.3 Å². The molecule has 0 fully saturated rings. The number of aromatic nitrogens is 3. The molecule has 7 heteroatoms. The predicted octanol–water partition coefficient (Wildman–Crippen LogP) is 0.943. The zero-order chi connectivity index (χ0) is 15.0. The summed E-state index contributed by atoms with van der Waals surface area (Å²) in [6.45, 7) is 0.431. The molecule has 2 heterocycles. The average Bonchev–Trinajstić information content (AvgIpc) is 2.79. The van der Waals surface area contributed by atoms with E-state index in [0.717, 1.165) is 4.57 Å². The molecule has 21 heavy (non-hydrogen) atoms. The summed E-state index contributed by atoms with van der Waals surface area (Å²) in [5, 5.41) is 0. The molecule has 0 N–H and O–H groups in total. The minimum atomic E-state index is -0.651. The zero-order valence-corrected chi connectivity index (χ0v) is 12.0. The molecule has 2 aromatic rings. The van der Waals surface area contributed by atoms with Gasteiger partial charge in [-0.25, -0.2) is 23.5 Å². The lowest BCUT2D eigenvalue weighted by Gasteiger charge is -2.23. The molecule has 0 amide bonds. The van der Waals surface area contributed by atoms with Crippen molar-refractivity contribution < 1.29 is 4.79 Å². The predicted molar refractivity (Wildman–Crippen MR) is 78.3 cm³/mol. The minimum absolute atomic E-state index is 0.165. The second-order valence-corrected chi connectivity index (χ2v) is 5.23. The first-order valence-electron chi connectivity index (χ1n) is 6.73. The number of carbonyl (C=O) groups is 1. The monoisotopic (exact) mass is 307 g/mol. The Morgan fingerprint density at radius 1 is 1.19 bits per heavy atom. The summed E-state index contributed by atoms with van der Waals surface area (Å²) in [6, 6.07) is 8.04. The summed E-state index contributed by atoms with van der Waals surface area (Å²) in [5.74, 6) is -0.403. The number of alkyl halides is 1. The van der Waals surface area contributed by atoms with Crippen LogP contribution in [0.5, 0.6) is 0 Å². The van der Waals surface area contributed by atoms with Gasteiger partial charge in [-0.05, 0) is 25.0 Å². The van der Waals surface area contributed by atoms with Crippen LogP contribution in [0, 0.1) is 0 Å². The molecule has 1 atom stereocenters. The third-order valence-electron chi connectivity index (χ3n) is 3.72. The lowest BCUT2D eigenvalue weighted by atomic mass is 10.1. The first-order chi connectivity index (χ1) is 10.1. The van der Waals surface area contributed by atoms with Gasteiger partial charge in [-0.15, -0.1) is 11.6 Å². The van der Waals surface area contributed by atoms with Crippen LogP contribution in [-0.2, 0) is 11.3 Å². The molecule has 0 aliphatic carbocycles. The highest BCUT2D eigenvalue weighted by atomic mass is 35.5. The number of rotatable bonds is 3. The molecule has 3 rings (SSSR count). The molecular weight excluding hydrogens is 294 g/mol. The van der Waals surface area contributed by atoms with Gasteiger partial charge in [0, 0.05) is 6.54 Å². The van der Waals surface area contributed by atoms with Crippen LogP contribution in [-0.4, -0.2) is 25.6 Å². The lowest BCUT2D eigenvalue weighted by Crippen LogP contribution is -2.38. The normalized spacial score (nSPS) is 17.5. The van der Waals surface area contributed by atoms with E-state index in [1.807, 2.05) is 6.07 Å². The summed E-state index contributed by atoms with van der Waals surface area (Å²) < 4.78 is 3.69. The highest BCUT2D eigenvalue weighted by Gasteiger charge is 2.30. The van der Waals surface area contributed by atoms with Gasteiger partial charge in [-0.1, -0.05) is 18.2 Å². The Hall–Kier alpha value is -2.08. The number of Topliss-reactive ketones (excluding diaryl/α,β-unsaturated/α-hetero) is 1. The van der Waals surface area contributed by atoms with E-state index in [4.69, 9.17) is 11.6 Å². The summed E-state index contributed by atoms with van der Waals surface area (Å²) in [6.07, 6.45) is 1.20. The molecule has 1 unspecified atom stereocenters. The Kier molecular flexibility index (Phi) is 3.55. The van der Waals surface area contributed by atoms with Crippen LogP contribution >= 0.6 is 11.6 Å². The van der Waals surface area contributed by atoms with E-state index in [0.29, 0.717) is 25.1 Å². The van der Waals surface area contributed by atoms with Crippen molar-refractivity contribution in [1.82, 2.24) is 13.9 Å². The summed E-state index contributed by atoms with van der Waals surface area (Å²) in [5.41, 5.74) is -0.411. The maximum absolute atomic E-state index is 12.6. The van der Waals surface area contributed by atoms with Crippen molar-refractivity contribution in [2.45, 2.75) is 25.4 Å². The van der Waals surface area contributed by atoms with E-state index < -0.39 is 17.4 Å². The molecule has 0 spiro atoms. The van der Waals surface area contributed by atoms with Crippen LogP contribution in [0.4, 0.5) is 0 Å². The number of benzene rings is 1. The standard InChI is InChI=1S/C14H14ClN3O3/c15-9-12(19)11-7-4-8-16-13(20)17(14(21)18(11)16)10-5-2-1-3-6-10/h1-3,5-6,11H,4,7-9H2. The smallest absolute Gasteiger partial charge is 0.296 e. The molecule has 1 aromatic carbocycles. The number of carbonyl (C=O) groups excluding carboxylic acids is 1. The van der Waals surface area contributed by atoms with Gasteiger partial charge in [0.05, 0.1) is 11.6 Å². The Labute approximate surface area is 125 Å². The van der Waals surface area contributed by atoms with Crippen molar-refractivity contribution in [3.63, 3.8) is 0 Å². The van der Waals surface area contributed by atoms with Gasteiger partial charge in [-0.2, -0.15) is 0 Å². The summed E-state index contributed by atoms with van der Waals surface area (Å²) in [7, 11) is 0. The fourth-order valence-electron chi connectivity index (χ4n) is 2.74. The SMILES string of the molecule is O=C(CCl)C1CCCn2c(=O)n(-c3ccccc3)c(=O)n21. The quantitative estimate of drug-likeness (QED) is 0.793. The summed E-state index contributed by atoms with van der Waals surface area (Å²) >= 11 is 5.61. The second kappa shape index (κ2) is 5.37. The first kappa shape index (κ1) is 13.9. The topological polar surface area (TPSA) is 66.0 Å². The van der Waals surface area contributed by atoms with Gasteiger partial charge in [0.25, 0.3) is 0 Å². The molecule has 110 valence electrons. The molecule has 0 saturated heterocycles. The molecule has 1 aliphatic rings. The van der Waals surface area contributed by atoms with Crippen molar-refractivity contribution >= 4 is 17.4 Å². The highest BCUT2D eigenvalue weighted by molar-refractivity contribution is 6.28. The van der Waals surface area contributed by atoms with Crippen molar-refractivity contribution in [1.29, 1.82) is 0 Å². The number of ketones is 1. The second-order valence-electron chi connectivity index (χ2n) is 4.96. The Morgan fingerprint density at radius 3 is 2.57 bits per heavy atom. The Balaban J connectivity index is 2.24. The molecule has 0 radical (unpaired) electrons. The van der Waals surface area contributed by atoms with Crippen molar-refractivity contribution in [2.24, 2.45) is 0 Å². The van der Waals surface area contributed by atoms with Crippen LogP contribution in [0.25, 0.3) is 5.69 Å². The van der Waals surface area contributed by atoms with E-state index in [1.165, 1.54) is 9.36 Å². The van der Waals surface area contributed by atoms with Crippen molar-refractivity contribution in [3.8, 4) is 5.69 Å². The Morgan fingerprint density at radius 2 is 1.90 bits per heavy atom. The van der Waals surface area contributed by atoms with E-state index in [2.05, 4.69) is 0 Å². The van der Waals surface area contributed by atoms with E-state index in [-0.39, 0.29) is 11.7 Å². The molecule has 1 aliphatic heterocycles. The van der Waals surface area contributed by atoms with Crippen LogP contribution in [0.3, 0.4) is 0 Å². The fraction of sp³-hybridized carbons (Fsp3) is 0.357. The molecular formula is C14H14ClN3O3. The number of fused-ring (bicyclic) bond motifs is 1. The van der Waals surface area contributed by atoms with Crippen LogP contribution < -0.4 is 11.4 Å². The minimum Gasteiger partial charge on any atom is -0.296 e. The molecule has 6 nitrogen and oxygen atoms in total. The van der Waals surface area contributed by atoms with Gasteiger partial charge in [-0.3, -0.25) is 4.79 Å². The van der Waals surface area contributed by atoms with Crippen LogP contribution in [0.1, 0.15) is 18.9 Å². The van der Waals surface area contributed by atoms with Gasteiger partial charge >= 0.3 is 11.4 Å². The van der Waals surface area contributed by atoms with E-state index in [9.17, 15) is 14.4 Å². The van der Waals surface area contributed by atoms with E-state index in [1.54, 1.807) is 24.3 Å². The summed E-state index contributed by atoms with van der Waals surface area (Å²) in [4.78, 5) is 37.0. The Bertz CT molecular complexity index is 788. The first-order valence-corrected chi connectivity index (χ1v) is 7.27. The van der Waals surface area contributed by atoms with Gasteiger partial charge in [0.2, 0.25) is 0 Å². The zero-order valence-electron chi connectivity index (χ0n) is 11.2. The largest absolute Gasteiger partial charge is 0.352 e. The third kappa shape index (κ3) is 2.15. The number of nitrogens with zero attached hydrogens (tertiary/aromatic N) is 3. The molecule has 0 bridgehead atoms. The van der Waals surface area contributed by atoms with E-state index >= 15 is 0 Å².